The van der Waals surface area contributed by atoms with E-state index in [-0.39, 0.29) is 0 Å². The first-order valence-corrected chi connectivity index (χ1v) is 7.86. The molecule has 2 heterocycles. The Hall–Kier alpha value is -0.0800. The van der Waals surface area contributed by atoms with Gasteiger partial charge >= 0.3 is 0 Å². The summed E-state index contributed by atoms with van der Waals surface area (Å²) < 4.78 is 0. The van der Waals surface area contributed by atoms with E-state index in [9.17, 15) is 0 Å². The predicted octanol–water partition coefficient (Wildman–Crippen LogP) is 3.28. The van der Waals surface area contributed by atoms with Crippen molar-refractivity contribution in [1.29, 1.82) is 0 Å². The molecule has 2 rings (SSSR count). The van der Waals surface area contributed by atoms with E-state index >= 15 is 0 Å². The monoisotopic (exact) mass is 252 g/mol. The zero-order chi connectivity index (χ0) is 13.2. The predicted molar refractivity (Wildman–Crippen MR) is 78.9 cm³/mol. The van der Waals surface area contributed by atoms with Crippen molar-refractivity contribution in [2.24, 2.45) is 11.3 Å². The first kappa shape index (κ1) is 14.3. The molecule has 0 saturated carbocycles. The van der Waals surface area contributed by atoms with E-state index in [2.05, 4.69) is 37.9 Å². The Bertz CT molecular complexity index is 261. The standard InChI is InChI=1S/C16H32N2/c1-15(2,3)14-7-5-11-18(12-8-14)13-16(4)9-6-10-17-16/h14,17H,5-13H2,1-4H3. The van der Waals surface area contributed by atoms with E-state index in [0.29, 0.717) is 11.0 Å². The number of rotatable bonds is 2. The van der Waals surface area contributed by atoms with E-state index in [4.69, 9.17) is 0 Å². The van der Waals surface area contributed by atoms with Gasteiger partial charge in [0, 0.05) is 12.1 Å². The van der Waals surface area contributed by atoms with Crippen LogP contribution in [-0.4, -0.2) is 36.6 Å². The molecule has 0 aromatic heterocycles. The van der Waals surface area contributed by atoms with Gasteiger partial charge in [0.25, 0.3) is 0 Å². The highest BCUT2D eigenvalue weighted by Gasteiger charge is 2.32. The molecular formula is C16H32N2. The maximum atomic E-state index is 3.70. The molecule has 2 heteroatoms. The fourth-order valence-electron chi connectivity index (χ4n) is 3.77. The second-order valence-corrected chi connectivity index (χ2v) is 7.86. The smallest absolute Gasteiger partial charge is 0.0280 e. The zero-order valence-corrected chi connectivity index (χ0v) is 12.9. The second kappa shape index (κ2) is 5.50. The van der Waals surface area contributed by atoms with Crippen molar-refractivity contribution in [3.05, 3.63) is 0 Å². The van der Waals surface area contributed by atoms with Crippen molar-refractivity contribution in [3.8, 4) is 0 Å². The van der Waals surface area contributed by atoms with Gasteiger partial charge in [-0.15, -0.1) is 0 Å². The van der Waals surface area contributed by atoms with Gasteiger partial charge in [0.1, 0.15) is 0 Å². The van der Waals surface area contributed by atoms with Crippen molar-refractivity contribution in [3.63, 3.8) is 0 Å². The zero-order valence-electron chi connectivity index (χ0n) is 12.9. The lowest BCUT2D eigenvalue weighted by Crippen LogP contribution is -2.47. The molecule has 2 unspecified atom stereocenters. The van der Waals surface area contributed by atoms with Crippen molar-refractivity contribution >= 4 is 0 Å². The summed E-state index contributed by atoms with van der Waals surface area (Å²) in [7, 11) is 0. The van der Waals surface area contributed by atoms with Crippen LogP contribution < -0.4 is 5.32 Å². The van der Waals surface area contributed by atoms with Crippen LogP contribution in [-0.2, 0) is 0 Å². The van der Waals surface area contributed by atoms with Crippen LogP contribution in [0, 0.1) is 11.3 Å². The Morgan fingerprint density at radius 2 is 1.94 bits per heavy atom. The van der Waals surface area contributed by atoms with Gasteiger partial charge in [-0.1, -0.05) is 20.8 Å². The summed E-state index contributed by atoms with van der Waals surface area (Å²) in [4.78, 5) is 2.71. The minimum absolute atomic E-state index is 0.390. The molecule has 2 aliphatic heterocycles. The van der Waals surface area contributed by atoms with Crippen molar-refractivity contribution in [2.45, 2.75) is 65.3 Å². The minimum Gasteiger partial charge on any atom is -0.310 e. The Balaban J connectivity index is 1.85. The van der Waals surface area contributed by atoms with Crippen molar-refractivity contribution < 1.29 is 0 Å². The Morgan fingerprint density at radius 1 is 1.17 bits per heavy atom. The van der Waals surface area contributed by atoms with Crippen LogP contribution in [0.25, 0.3) is 0 Å². The highest BCUT2D eigenvalue weighted by molar-refractivity contribution is 4.92. The summed E-state index contributed by atoms with van der Waals surface area (Å²) in [5, 5.41) is 3.70. The van der Waals surface area contributed by atoms with Crippen LogP contribution in [0.15, 0.2) is 0 Å². The highest BCUT2D eigenvalue weighted by Crippen LogP contribution is 2.34. The summed E-state index contributed by atoms with van der Waals surface area (Å²) in [6.45, 7) is 14.7. The third-order valence-electron chi connectivity index (χ3n) is 5.08. The molecule has 2 fully saturated rings. The SMILES string of the molecule is CC1(CN2CCCC(C(C)(C)C)CC2)CCCN1. The molecule has 0 spiro atoms. The van der Waals surface area contributed by atoms with Gasteiger partial charge < -0.3 is 10.2 Å². The molecule has 2 nitrogen and oxygen atoms in total. The van der Waals surface area contributed by atoms with Crippen molar-refractivity contribution in [2.75, 3.05) is 26.2 Å². The summed E-state index contributed by atoms with van der Waals surface area (Å²) in [5.41, 5.74) is 0.882. The van der Waals surface area contributed by atoms with E-state index in [1.165, 1.54) is 58.3 Å². The molecule has 106 valence electrons. The normalized spacial score (nSPS) is 35.7. The molecule has 0 amide bonds. The molecule has 2 aliphatic rings. The van der Waals surface area contributed by atoms with Gasteiger partial charge in [0.05, 0.1) is 0 Å². The van der Waals surface area contributed by atoms with Crippen LogP contribution in [0.1, 0.15) is 59.8 Å². The largest absolute Gasteiger partial charge is 0.310 e. The highest BCUT2D eigenvalue weighted by atomic mass is 15.2. The Kier molecular flexibility index (Phi) is 4.38. The molecule has 1 N–H and O–H groups in total. The van der Waals surface area contributed by atoms with Crippen LogP contribution in [0.5, 0.6) is 0 Å². The van der Waals surface area contributed by atoms with Gasteiger partial charge in [-0.2, -0.15) is 0 Å². The molecule has 0 bridgehead atoms. The Morgan fingerprint density at radius 3 is 2.56 bits per heavy atom. The van der Waals surface area contributed by atoms with Crippen LogP contribution in [0.4, 0.5) is 0 Å². The van der Waals surface area contributed by atoms with Crippen molar-refractivity contribution in [1.82, 2.24) is 10.2 Å². The fourth-order valence-corrected chi connectivity index (χ4v) is 3.77. The molecule has 0 aliphatic carbocycles. The van der Waals surface area contributed by atoms with Crippen LogP contribution in [0.2, 0.25) is 0 Å². The molecule has 2 saturated heterocycles. The summed E-state index contributed by atoms with van der Waals surface area (Å²) in [6.07, 6.45) is 6.91. The van der Waals surface area contributed by atoms with E-state index < -0.39 is 0 Å². The maximum Gasteiger partial charge on any atom is 0.0280 e. The average Bonchev–Trinajstić information content (AvgIpc) is 2.54. The number of likely N-dealkylation sites (tertiary alicyclic amines) is 1. The van der Waals surface area contributed by atoms with Gasteiger partial charge in [0.15, 0.2) is 0 Å². The molecule has 0 aromatic carbocycles. The summed E-state index contributed by atoms with van der Waals surface area (Å²) >= 11 is 0. The van der Waals surface area contributed by atoms with Crippen LogP contribution >= 0.6 is 0 Å². The van der Waals surface area contributed by atoms with Gasteiger partial charge in [-0.25, -0.2) is 0 Å². The fraction of sp³-hybridized carbons (Fsp3) is 1.00. The lowest BCUT2D eigenvalue weighted by Gasteiger charge is -2.33. The molecular weight excluding hydrogens is 220 g/mol. The minimum atomic E-state index is 0.390. The summed E-state index contributed by atoms with van der Waals surface area (Å²) in [6, 6.07) is 0. The average molecular weight is 252 g/mol. The Labute approximate surface area is 114 Å². The number of hydrogen-bond acceptors (Lipinski definition) is 2. The van der Waals surface area contributed by atoms with Crippen LogP contribution in [0.3, 0.4) is 0 Å². The third kappa shape index (κ3) is 3.71. The van der Waals surface area contributed by atoms with E-state index in [1.807, 2.05) is 0 Å². The molecule has 0 aromatic rings. The van der Waals surface area contributed by atoms with E-state index in [0.717, 1.165) is 5.92 Å². The first-order valence-electron chi connectivity index (χ1n) is 7.86. The number of nitrogens with zero attached hydrogens (tertiary/aromatic N) is 1. The third-order valence-corrected chi connectivity index (χ3v) is 5.08. The maximum absolute atomic E-state index is 3.70. The molecule has 2 atom stereocenters. The van der Waals surface area contributed by atoms with E-state index in [1.54, 1.807) is 0 Å². The molecule has 0 radical (unpaired) electrons. The number of hydrogen-bond donors (Lipinski definition) is 1. The topological polar surface area (TPSA) is 15.3 Å². The summed E-state index contributed by atoms with van der Waals surface area (Å²) in [5.74, 6) is 0.909. The lowest BCUT2D eigenvalue weighted by molar-refractivity contribution is 0.188. The second-order valence-electron chi connectivity index (χ2n) is 7.86. The van der Waals surface area contributed by atoms with Gasteiger partial charge in [0.2, 0.25) is 0 Å². The van der Waals surface area contributed by atoms with Gasteiger partial charge in [-0.3, -0.25) is 0 Å². The quantitative estimate of drug-likeness (QED) is 0.811. The lowest BCUT2D eigenvalue weighted by atomic mass is 9.77. The number of nitrogens with one attached hydrogen (secondary N) is 1. The van der Waals surface area contributed by atoms with Gasteiger partial charge in [-0.05, 0) is 70.0 Å². The molecule has 18 heavy (non-hydrogen) atoms. The first-order chi connectivity index (χ1) is 8.39.